The van der Waals surface area contributed by atoms with E-state index in [4.69, 9.17) is 0 Å². The average molecular weight is 301 g/mol. The van der Waals surface area contributed by atoms with E-state index < -0.39 is 0 Å². The van der Waals surface area contributed by atoms with Crippen LogP contribution in [0.3, 0.4) is 0 Å². The van der Waals surface area contributed by atoms with Crippen LogP contribution in [0.5, 0.6) is 0 Å². The summed E-state index contributed by atoms with van der Waals surface area (Å²) in [6.45, 7) is 11.5. The molecule has 2 heteroatoms. The molecule has 0 bridgehead atoms. The first kappa shape index (κ1) is 13.6. The maximum absolute atomic E-state index is 12.4. The van der Waals surface area contributed by atoms with E-state index in [0.29, 0.717) is 28.4 Å². The molecule has 98 valence electrons. The first-order valence-corrected chi connectivity index (χ1v) is 7.64. The minimum absolute atomic E-state index is 0.313. The van der Waals surface area contributed by atoms with Gasteiger partial charge in [0.1, 0.15) is 5.78 Å². The van der Waals surface area contributed by atoms with Gasteiger partial charge in [-0.25, -0.2) is 0 Å². The minimum Gasteiger partial charge on any atom is -0.298 e. The third kappa shape index (κ3) is 1.82. The Balaban J connectivity index is 2.43. The number of rotatable bonds is 0. The molecule has 2 unspecified atom stereocenters. The largest absolute Gasteiger partial charge is 0.298 e. The summed E-state index contributed by atoms with van der Waals surface area (Å²) in [7, 11) is 0. The molecule has 0 spiro atoms. The maximum Gasteiger partial charge on any atom is 0.149 e. The molecule has 0 amide bonds. The predicted molar refractivity (Wildman–Crippen MR) is 75.3 cm³/mol. The number of Topliss-reactive ketones (excluding diaryl/α,β-unsaturated/α-hetero) is 1. The minimum atomic E-state index is -0.314. The third-order valence-corrected chi connectivity index (χ3v) is 7.14. The lowest BCUT2D eigenvalue weighted by Crippen LogP contribution is -2.58. The van der Waals surface area contributed by atoms with Crippen molar-refractivity contribution in [1.29, 1.82) is 0 Å². The fourth-order valence-electron chi connectivity index (χ4n) is 4.44. The summed E-state index contributed by atoms with van der Waals surface area (Å²) >= 11 is 3.71. The zero-order chi connectivity index (χ0) is 13.1. The van der Waals surface area contributed by atoms with Crippen molar-refractivity contribution in [1.82, 2.24) is 0 Å². The van der Waals surface area contributed by atoms with E-state index in [2.05, 4.69) is 50.5 Å². The number of fused-ring (bicyclic) bond motifs is 1. The Morgan fingerprint density at radius 2 is 1.76 bits per heavy atom. The number of alkyl halides is 1. The van der Waals surface area contributed by atoms with Crippen molar-refractivity contribution < 1.29 is 4.79 Å². The number of carbonyl (C=O) groups excluding carboxylic acids is 1. The van der Waals surface area contributed by atoms with Gasteiger partial charge < -0.3 is 0 Å². The summed E-state index contributed by atoms with van der Waals surface area (Å²) in [5.41, 5.74) is 0.633. The molecular weight excluding hydrogens is 276 g/mol. The molecule has 0 heterocycles. The summed E-state index contributed by atoms with van der Waals surface area (Å²) in [4.78, 5) is 12.4. The molecule has 2 aliphatic rings. The van der Waals surface area contributed by atoms with Crippen LogP contribution in [0.25, 0.3) is 0 Å². The molecule has 1 nitrogen and oxygen atoms in total. The van der Waals surface area contributed by atoms with E-state index in [9.17, 15) is 4.79 Å². The van der Waals surface area contributed by atoms with Crippen molar-refractivity contribution in [2.45, 2.75) is 64.6 Å². The summed E-state index contributed by atoms with van der Waals surface area (Å²) in [5.74, 6) is 1.38. The molecule has 2 fully saturated rings. The standard InChI is InChI=1S/C15H25BrO/c1-10-14(4)8-6-7-13(2,3)11(14)9-12(17)15(10,5)16/h10-11H,6-9H2,1-5H3/t10?,11-,14+,15?/m0/s1. The number of hydrogen-bond acceptors (Lipinski definition) is 1. The predicted octanol–water partition coefficient (Wildman–Crippen LogP) is 4.58. The van der Waals surface area contributed by atoms with E-state index >= 15 is 0 Å². The highest BCUT2D eigenvalue weighted by molar-refractivity contribution is 9.10. The molecule has 2 rings (SSSR count). The SMILES string of the molecule is CC1C(C)(Br)C(=O)C[C@H]2C(C)(C)CCC[C@]12C. The Labute approximate surface area is 114 Å². The summed E-state index contributed by atoms with van der Waals surface area (Å²) in [5, 5.41) is 0. The second-order valence-corrected chi connectivity index (χ2v) is 8.97. The van der Waals surface area contributed by atoms with Crippen LogP contribution < -0.4 is 0 Å². The van der Waals surface area contributed by atoms with Crippen LogP contribution in [0.1, 0.15) is 60.3 Å². The average Bonchev–Trinajstić information content (AvgIpc) is 2.20. The van der Waals surface area contributed by atoms with Gasteiger partial charge in [-0.2, -0.15) is 0 Å². The van der Waals surface area contributed by atoms with Gasteiger partial charge in [0.2, 0.25) is 0 Å². The van der Waals surface area contributed by atoms with Crippen molar-refractivity contribution in [2.24, 2.45) is 22.7 Å². The lowest BCUT2D eigenvalue weighted by molar-refractivity contribution is -0.141. The molecule has 0 aromatic heterocycles. The van der Waals surface area contributed by atoms with Gasteiger partial charge in [-0.1, -0.05) is 50.0 Å². The molecule has 0 aromatic rings. The number of carbonyl (C=O) groups is 1. The normalized spacial score (nSPS) is 49.9. The fraction of sp³-hybridized carbons (Fsp3) is 0.933. The van der Waals surface area contributed by atoms with E-state index in [0.717, 1.165) is 6.42 Å². The Bertz CT molecular complexity index is 345. The summed E-state index contributed by atoms with van der Waals surface area (Å²) in [6.07, 6.45) is 4.61. The van der Waals surface area contributed by atoms with Gasteiger partial charge in [-0.15, -0.1) is 0 Å². The van der Waals surface area contributed by atoms with E-state index in [-0.39, 0.29) is 4.32 Å². The molecule has 0 N–H and O–H groups in total. The first-order chi connectivity index (χ1) is 7.62. The lowest BCUT2D eigenvalue weighted by Gasteiger charge is -2.59. The van der Waals surface area contributed by atoms with Crippen LogP contribution in [-0.4, -0.2) is 10.1 Å². The van der Waals surface area contributed by atoms with Crippen molar-refractivity contribution >= 4 is 21.7 Å². The van der Waals surface area contributed by atoms with Crippen LogP contribution in [0, 0.1) is 22.7 Å². The van der Waals surface area contributed by atoms with Crippen molar-refractivity contribution in [3.63, 3.8) is 0 Å². The molecule has 2 saturated carbocycles. The number of ketones is 1. The number of hydrogen-bond donors (Lipinski definition) is 0. The Kier molecular flexibility index (Phi) is 3.05. The van der Waals surface area contributed by atoms with Gasteiger partial charge in [-0.3, -0.25) is 4.79 Å². The quantitative estimate of drug-likeness (QED) is 0.598. The van der Waals surface area contributed by atoms with Crippen molar-refractivity contribution in [2.75, 3.05) is 0 Å². The lowest BCUT2D eigenvalue weighted by atomic mass is 9.47. The van der Waals surface area contributed by atoms with Crippen LogP contribution in [0.15, 0.2) is 0 Å². The highest BCUT2D eigenvalue weighted by Gasteiger charge is 2.59. The molecule has 0 aromatic carbocycles. The van der Waals surface area contributed by atoms with Gasteiger partial charge in [0.25, 0.3) is 0 Å². The summed E-state index contributed by atoms with van der Waals surface area (Å²) in [6, 6.07) is 0. The molecule has 0 saturated heterocycles. The third-order valence-electron chi connectivity index (χ3n) is 6.01. The van der Waals surface area contributed by atoms with Gasteiger partial charge in [-0.05, 0) is 42.4 Å². The Morgan fingerprint density at radius 3 is 2.35 bits per heavy atom. The Hall–Kier alpha value is 0.150. The zero-order valence-corrected chi connectivity index (χ0v) is 13.4. The second kappa shape index (κ2) is 3.82. The highest BCUT2D eigenvalue weighted by Crippen LogP contribution is 2.62. The van der Waals surface area contributed by atoms with Crippen LogP contribution in [0.2, 0.25) is 0 Å². The van der Waals surface area contributed by atoms with Gasteiger partial charge in [0, 0.05) is 6.42 Å². The van der Waals surface area contributed by atoms with Gasteiger partial charge >= 0.3 is 0 Å². The highest BCUT2D eigenvalue weighted by atomic mass is 79.9. The van der Waals surface area contributed by atoms with Crippen molar-refractivity contribution in [3.8, 4) is 0 Å². The monoisotopic (exact) mass is 300 g/mol. The molecule has 0 aliphatic heterocycles. The zero-order valence-electron chi connectivity index (χ0n) is 11.8. The molecular formula is C15H25BrO. The summed E-state index contributed by atoms with van der Waals surface area (Å²) < 4.78 is -0.314. The van der Waals surface area contributed by atoms with Crippen LogP contribution in [-0.2, 0) is 4.79 Å². The van der Waals surface area contributed by atoms with Gasteiger partial charge in [0.15, 0.2) is 0 Å². The van der Waals surface area contributed by atoms with Crippen LogP contribution >= 0.6 is 15.9 Å². The van der Waals surface area contributed by atoms with E-state index in [1.54, 1.807) is 0 Å². The molecule has 4 atom stereocenters. The second-order valence-electron chi connectivity index (χ2n) is 7.33. The number of halogens is 1. The fourth-order valence-corrected chi connectivity index (χ4v) is 5.12. The molecule has 0 radical (unpaired) electrons. The maximum atomic E-state index is 12.4. The molecule has 17 heavy (non-hydrogen) atoms. The van der Waals surface area contributed by atoms with Gasteiger partial charge in [0.05, 0.1) is 4.32 Å². The smallest absolute Gasteiger partial charge is 0.149 e. The van der Waals surface area contributed by atoms with E-state index in [1.165, 1.54) is 19.3 Å². The van der Waals surface area contributed by atoms with E-state index in [1.807, 2.05) is 0 Å². The first-order valence-electron chi connectivity index (χ1n) is 6.84. The Morgan fingerprint density at radius 1 is 1.18 bits per heavy atom. The molecule has 2 aliphatic carbocycles. The topological polar surface area (TPSA) is 17.1 Å². The van der Waals surface area contributed by atoms with Crippen molar-refractivity contribution in [3.05, 3.63) is 0 Å². The van der Waals surface area contributed by atoms with Crippen LogP contribution in [0.4, 0.5) is 0 Å².